The largest absolute Gasteiger partial charge is 0.332 e. The standard InChI is InChI=1S/C18H15FN4O2S/c1-12-20-18-21-16(13-7-9-15(10-8-13)26(19,24)25)11-17(23(18)22-12)14-5-3-2-4-6-14/h2-11,17H,1H3,(H,20,21,22)/t17-/m0/s1. The second-order valence-electron chi connectivity index (χ2n) is 5.95. The van der Waals surface area contributed by atoms with E-state index >= 15 is 0 Å². The van der Waals surface area contributed by atoms with Crippen LogP contribution in [0, 0.1) is 6.92 Å². The summed E-state index contributed by atoms with van der Waals surface area (Å²) in [6.07, 6.45) is 1.98. The van der Waals surface area contributed by atoms with Gasteiger partial charge < -0.3 is 5.32 Å². The molecule has 6 nitrogen and oxygen atoms in total. The lowest BCUT2D eigenvalue weighted by Crippen LogP contribution is -2.20. The molecule has 1 aromatic heterocycles. The average Bonchev–Trinajstić information content (AvgIpc) is 3.01. The van der Waals surface area contributed by atoms with Crippen LogP contribution in [-0.4, -0.2) is 23.2 Å². The van der Waals surface area contributed by atoms with Gasteiger partial charge in [0.2, 0.25) is 5.95 Å². The molecular formula is C18H15FN4O2S. The van der Waals surface area contributed by atoms with Crippen LogP contribution in [0.3, 0.4) is 0 Å². The van der Waals surface area contributed by atoms with E-state index in [4.69, 9.17) is 0 Å². The molecule has 0 amide bonds. The highest BCUT2D eigenvalue weighted by molar-refractivity contribution is 7.86. The molecule has 26 heavy (non-hydrogen) atoms. The Morgan fingerprint density at radius 2 is 1.77 bits per heavy atom. The van der Waals surface area contributed by atoms with Crippen molar-refractivity contribution in [3.05, 3.63) is 77.6 Å². The molecule has 0 saturated heterocycles. The first-order valence-corrected chi connectivity index (χ1v) is 9.32. The van der Waals surface area contributed by atoms with Crippen molar-refractivity contribution in [2.75, 3.05) is 5.32 Å². The normalized spacial score (nSPS) is 16.5. The highest BCUT2D eigenvalue weighted by Gasteiger charge is 2.24. The first-order valence-electron chi connectivity index (χ1n) is 7.94. The van der Waals surface area contributed by atoms with E-state index in [0.29, 0.717) is 11.8 Å². The van der Waals surface area contributed by atoms with Gasteiger partial charge in [0.05, 0.1) is 4.90 Å². The lowest BCUT2D eigenvalue weighted by Gasteiger charge is -2.24. The number of anilines is 1. The van der Waals surface area contributed by atoms with E-state index < -0.39 is 10.2 Å². The van der Waals surface area contributed by atoms with Gasteiger partial charge in [-0.25, -0.2) is 4.68 Å². The van der Waals surface area contributed by atoms with Crippen LogP contribution in [0.15, 0.2) is 65.6 Å². The summed E-state index contributed by atoms with van der Waals surface area (Å²) in [5.74, 6) is 1.23. The fraction of sp³-hybridized carbons (Fsp3) is 0.111. The molecule has 4 rings (SSSR count). The molecule has 0 aliphatic carbocycles. The molecule has 0 spiro atoms. The summed E-state index contributed by atoms with van der Waals surface area (Å²) in [5.41, 5.74) is 2.52. The van der Waals surface area contributed by atoms with Gasteiger partial charge in [-0.2, -0.15) is 18.5 Å². The topological polar surface area (TPSA) is 76.9 Å². The van der Waals surface area contributed by atoms with Crippen LogP contribution in [0.5, 0.6) is 0 Å². The zero-order valence-corrected chi connectivity index (χ0v) is 14.6. The van der Waals surface area contributed by atoms with E-state index in [2.05, 4.69) is 15.4 Å². The Morgan fingerprint density at radius 3 is 2.42 bits per heavy atom. The van der Waals surface area contributed by atoms with Gasteiger partial charge in [0.1, 0.15) is 11.9 Å². The van der Waals surface area contributed by atoms with E-state index in [9.17, 15) is 12.3 Å². The van der Waals surface area contributed by atoms with E-state index in [0.717, 1.165) is 16.8 Å². The number of hydrogen-bond donors (Lipinski definition) is 1. The Labute approximate surface area is 150 Å². The van der Waals surface area contributed by atoms with Gasteiger partial charge in [-0.1, -0.05) is 42.5 Å². The Kier molecular flexibility index (Phi) is 3.84. The van der Waals surface area contributed by atoms with Crippen molar-refractivity contribution >= 4 is 21.9 Å². The average molecular weight is 370 g/mol. The zero-order chi connectivity index (χ0) is 18.3. The number of aromatic nitrogens is 3. The third kappa shape index (κ3) is 2.99. The van der Waals surface area contributed by atoms with Gasteiger partial charge in [-0.15, -0.1) is 3.89 Å². The summed E-state index contributed by atoms with van der Waals surface area (Å²) in [5, 5.41) is 7.65. The Morgan fingerprint density at radius 1 is 1.08 bits per heavy atom. The number of hydrogen-bond acceptors (Lipinski definition) is 5. The minimum Gasteiger partial charge on any atom is -0.324 e. The van der Waals surface area contributed by atoms with E-state index in [1.54, 1.807) is 16.8 Å². The highest BCUT2D eigenvalue weighted by Crippen LogP contribution is 2.32. The van der Waals surface area contributed by atoms with Crippen molar-refractivity contribution in [3.8, 4) is 0 Å². The molecule has 0 bridgehead atoms. The quantitative estimate of drug-likeness (QED) is 0.716. The molecule has 2 heterocycles. The molecule has 1 aliphatic rings. The van der Waals surface area contributed by atoms with E-state index in [-0.39, 0.29) is 10.9 Å². The Balaban J connectivity index is 1.78. The maximum atomic E-state index is 13.1. The number of rotatable bonds is 3. The molecule has 2 aromatic carbocycles. The lowest BCUT2D eigenvalue weighted by molar-refractivity contribution is 0.552. The summed E-state index contributed by atoms with van der Waals surface area (Å²) < 4.78 is 36.9. The predicted octanol–water partition coefficient (Wildman–Crippen LogP) is 3.30. The molecule has 0 radical (unpaired) electrons. The number of aryl methyl sites for hydroxylation is 1. The van der Waals surface area contributed by atoms with Crippen LogP contribution in [0.2, 0.25) is 0 Å². The molecule has 8 heteroatoms. The fourth-order valence-corrected chi connectivity index (χ4v) is 3.41. The fourth-order valence-electron chi connectivity index (χ4n) is 2.95. The molecule has 3 aromatic rings. The van der Waals surface area contributed by atoms with Crippen molar-refractivity contribution < 1.29 is 12.3 Å². The monoisotopic (exact) mass is 370 g/mol. The van der Waals surface area contributed by atoms with Gasteiger partial charge in [0, 0.05) is 5.70 Å². The third-order valence-electron chi connectivity index (χ3n) is 4.16. The van der Waals surface area contributed by atoms with Gasteiger partial charge in [-0.05, 0) is 36.3 Å². The first kappa shape index (κ1) is 16.5. The third-order valence-corrected chi connectivity index (χ3v) is 4.99. The highest BCUT2D eigenvalue weighted by atomic mass is 32.3. The maximum Gasteiger partial charge on any atom is 0.332 e. The molecule has 1 aliphatic heterocycles. The van der Waals surface area contributed by atoms with E-state index in [1.807, 2.05) is 43.3 Å². The second-order valence-corrected chi connectivity index (χ2v) is 7.30. The molecule has 0 unspecified atom stereocenters. The Hall–Kier alpha value is -3.00. The number of nitrogens with one attached hydrogen (secondary N) is 1. The van der Waals surface area contributed by atoms with Crippen LogP contribution < -0.4 is 5.32 Å². The zero-order valence-electron chi connectivity index (χ0n) is 13.8. The molecule has 132 valence electrons. The van der Waals surface area contributed by atoms with E-state index in [1.165, 1.54) is 12.1 Å². The van der Waals surface area contributed by atoms with Crippen LogP contribution >= 0.6 is 0 Å². The second kappa shape index (κ2) is 6.06. The number of allylic oxidation sites excluding steroid dienone is 1. The minimum atomic E-state index is -4.72. The summed E-state index contributed by atoms with van der Waals surface area (Å²) in [7, 11) is -4.72. The first-order chi connectivity index (χ1) is 12.4. The smallest absolute Gasteiger partial charge is 0.324 e. The van der Waals surface area contributed by atoms with Crippen molar-refractivity contribution in [3.63, 3.8) is 0 Å². The lowest BCUT2D eigenvalue weighted by atomic mass is 10.0. The van der Waals surface area contributed by atoms with Crippen molar-refractivity contribution in [1.29, 1.82) is 0 Å². The Bertz CT molecular complexity index is 1090. The van der Waals surface area contributed by atoms with Crippen LogP contribution in [0.4, 0.5) is 9.83 Å². The van der Waals surface area contributed by atoms with Gasteiger partial charge in [-0.3, -0.25) is 0 Å². The molecule has 0 saturated carbocycles. The summed E-state index contributed by atoms with van der Waals surface area (Å²) in [4.78, 5) is 4.04. The van der Waals surface area contributed by atoms with Crippen molar-refractivity contribution in [2.24, 2.45) is 0 Å². The van der Waals surface area contributed by atoms with Crippen molar-refractivity contribution in [1.82, 2.24) is 14.8 Å². The summed E-state index contributed by atoms with van der Waals surface area (Å²) in [6, 6.07) is 15.3. The number of halogens is 1. The van der Waals surface area contributed by atoms with Crippen LogP contribution in [0.25, 0.3) is 5.70 Å². The number of fused-ring (bicyclic) bond motifs is 1. The molecule has 1 N–H and O–H groups in total. The molecule has 0 fully saturated rings. The van der Waals surface area contributed by atoms with Gasteiger partial charge >= 0.3 is 10.2 Å². The molecule has 1 atom stereocenters. The molecular weight excluding hydrogens is 355 g/mol. The van der Waals surface area contributed by atoms with Gasteiger partial charge in [0.15, 0.2) is 0 Å². The maximum absolute atomic E-state index is 13.1. The van der Waals surface area contributed by atoms with Gasteiger partial charge in [0.25, 0.3) is 0 Å². The summed E-state index contributed by atoms with van der Waals surface area (Å²) >= 11 is 0. The number of benzene rings is 2. The predicted molar refractivity (Wildman–Crippen MR) is 95.7 cm³/mol. The SMILES string of the molecule is Cc1nc2n(n1)[C@H](c1ccccc1)C=C(c1ccc(S(=O)(=O)F)cc1)N2. The van der Waals surface area contributed by atoms with Crippen molar-refractivity contribution in [2.45, 2.75) is 17.9 Å². The summed E-state index contributed by atoms with van der Waals surface area (Å²) in [6.45, 7) is 1.82. The minimum absolute atomic E-state index is 0.159. The van der Waals surface area contributed by atoms with Crippen LogP contribution in [0.1, 0.15) is 23.0 Å². The van der Waals surface area contributed by atoms with Crippen LogP contribution in [-0.2, 0) is 10.2 Å². The number of nitrogens with zero attached hydrogens (tertiary/aromatic N) is 3.